The fourth-order valence-corrected chi connectivity index (χ4v) is 6.06. The van der Waals surface area contributed by atoms with Gasteiger partial charge in [-0.05, 0) is 49.3 Å². The maximum absolute atomic E-state index is 13.7. The van der Waals surface area contributed by atoms with Crippen LogP contribution in [0.5, 0.6) is 0 Å². The summed E-state index contributed by atoms with van der Waals surface area (Å²) in [6, 6.07) is 1.05. The van der Waals surface area contributed by atoms with Gasteiger partial charge >= 0.3 is 12.3 Å². The quantitative estimate of drug-likeness (QED) is 0.382. The van der Waals surface area contributed by atoms with Crippen molar-refractivity contribution >= 4 is 23.6 Å². The molecule has 0 spiro atoms. The van der Waals surface area contributed by atoms with Crippen LogP contribution < -0.4 is 10.6 Å². The van der Waals surface area contributed by atoms with Gasteiger partial charge in [-0.15, -0.1) is 0 Å². The summed E-state index contributed by atoms with van der Waals surface area (Å²) in [7, 11) is 1.69. The molecule has 2 fully saturated rings. The summed E-state index contributed by atoms with van der Waals surface area (Å²) < 4.78 is 44.0. The van der Waals surface area contributed by atoms with Crippen molar-refractivity contribution in [2.24, 2.45) is 18.9 Å². The average Bonchev–Trinajstić information content (AvgIpc) is 3.59. The molecular formula is C27H33F3N8O4. The van der Waals surface area contributed by atoms with Gasteiger partial charge in [0.15, 0.2) is 5.65 Å². The molecule has 0 aromatic carbocycles. The molecule has 3 amide bonds. The van der Waals surface area contributed by atoms with E-state index in [2.05, 4.69) is 20.8 Å². The van der Waals surface area contributed by atoms with Crippen LogP contribution in [0.1, 0.15) is 72.7 Å². The highest BCUT2D eigenvalue weighted by molar-refractivity contribution is 5.92. The van der Waals surface area contributed by atoms with Gasteiger partial charge in [0.05, 0.1) is 30.0 Å². The highest BCUT2D eigenvalue weighted by atomic mass is 19.4. The fraction of sp³-hybridized carbons (Fsp3) is 0.556. The molecule has 2 aliphatic rings. The van der Waals surface area contributed by atoms with E-state index in [0.29, 0.717) is 27.5 Å². The van der Waals surface area contributed by atoms with Crippen LogP contribution >= 0.6 is 0 Å². The van der Waals surface area contributed by atoms with Crippen LogP contribution in [-0.4, -0.2) is 71.1 Å². The highest BCUT2D eigenvalue weighted by Gasteiger charge is 2.52. The van der Waals surface area contributed by atoms with Crippen molar-refractivity contribution in [3.63, 3.8) is 0 Å². The van der Waals surface area contributed by atoms with Crippen molar-refractivity contribution < 1.29 is 32.7 Å². The topological polar surface area (TPSA) is 147 Å². The smallest absolute Gasteiger partial charge is 0.407 e. The number of aryl methyl sites for hydroxylation is 1. The van der Waals surface area contributed by atoms with Gasteiger partial charge in [0, 0.05) is 26.3 Å². The van der Waals surface area contributed by atoms with Gasteiger partial charge in [0.1, 0.15) is 11.7 Å². The number of carbonyl (C=O) groups is 3. The molecule has 1 saturated carbocycles. The molecule has 3 N–H and O–H groups in total. The second kappa shape index (κ2) is 12.0. The maximum Gasteiger partial charge on any atom is 0.407 e. The summed E-state index contributed by atoms with van der Waals surface area (Å²) in [5.41, 5.74) is 1.95. The summed E-state index contributed by atoms with van der Waals surface area (Å²) in [4.78, 5) is 42.9. The summed E-state index contributed by atoms with van der Waals surface area (Å²) in [5, 5.41) is 23.4. The van der Waals surface area contributed by atoms with Gasteiger partial charge in [-0.1, -0.05) is 19.3 Å². The molecule has 3 aromatic heterocycles. The summed E-state index contributed by atoms with van der Waals surface area (Å²) in [6.45, 7) is -0.313. The van der Waals surface area contributed by atoms with E-state index in [1.165, 1.54) is 10.9 Å². The number of rotatable bonds is 7. The molecule has 4 heterocycles. The lowest BCUT2D eigenvalue weighted by Gasteiger charge is -2.39. The van der Waals surface area contributed by atoms with E-state index in [4.69, 9.17) is 4.98 Å². The largest absolute Gasteiger partial charge is 0.465 e. The van der Waals surface area contributed by atoms with Gasteiger partial charge in [0.2, 0.25) is 5.91 Å². The Morgan fingerprint density at radius 1 is 1.12 bits per heavy atom. The Morgan fingerprint density at radius 2 is 1.88 bits per heavy atom. The summed E-state index contributed by atoms with van der Waals surface area (Å²) in [6.07, 6.45) is 3.26. The SMILES string of the molecule is Cn1nccc1C(=O)N[C@H](c1cn2ncc(CNC(=O)C3C(C(F)(F)F)CCCN3C(=O)O)cc2n1)C1CCCCC1. The number of hydrogen-bond donors (Lipinski definition) is 3. The number of nitrogens with one attached hydrogen (secondary N) is 2. The Balaban J connectivity index is 1.34. The molecule has 5 rings (SSSR count). The Labute approximate surface area is 239 Å². The average molecular weight is 591 g/mol. The summed E-state index contributed by atoms with van der Waals surface area (Å²) in [5.74, 6) is -3.20. The minimum Gasteiger partial charge on any atom is -0.465 e. The molecule has 0 bridgehead atoms. The van der Waals surface area contributed by atoms with E-state index in [9.17, 15) is 32.7 Å². The van der Waals surface area contributed by atoms with E-state index in [0.717, 1.165) is 32.1 Å². The second-order valence-electron chi connectivity index (χ2n) is 11.0. The molecule has 42 heavy (non-hydrogen) atoms. The van der Waals surface area contributed by atoms with Crippen molar-refractivity contribution in [3.8, 4) is 0 Å². The van der Waals surface area contributed by atoms with Gasteiger partial charge in [-0.2, -0.15) is 23.4 Å². The first kappa shape index (κ1) is 29.3. The number of hydrogen-bond acceptors (Lipinski definition) is 6. The van der Waals surface area contributed by atoms with E-state index < -0.39 is 30.1 Å². The number of halogens is 3. The molecule has 1 aliphatic heterocycles. The van der Waals surface area contributed by atoms with E-state index in [1.807, 2.05) is 0 Å². The van der Waals surface area contributed by atoms with Crippen LogP contribution in [0.15, 0.2) is 30.7 Å². The highest BCUT2D eigenvalue weighted by Crippen LogP contribution is 2.38. The minimum atomic E-state index is -4.72. The van der Waals surface area contributed by atoms with Gasteiger partial charge in [0.25, 0.3) is 5.91 Å². The zero-order valence-electron chi connectivity index (χ0n) is 23.0. The zero-order chi connectivity index (χ0) is 30.0. The van der Waals surface area contributed by atoms with Gasteiger partial charge in [-0.25, -0.2) is 14.3 Å². The number of nitrogens with zero attached hydrogens (tertiary/aromatic N) is 6. The third-order valence-electron chi connectivity index (χ3n) is 8.21. The Bertz CT molecular complexity index is 1450. The van der Waals surface area contributed by atoms with E-state index >= 15 is 0 Å². The number of fused-ring (bicyclic) bond motifs is 1. The first-order valence-electron chi connectivity index (χ1n) is 14.0. The van der Waals surface area contributed by atoms with E-state index in [-0.39, 0.29) is 43.8 Å². The van der Waals surface area contributed by atoms with Crippen molar-refractivity contribution in [2.45, 2.75) is 69.8 Å². The Morgan fingerprint density at radius 3 is 2.55 bits per heavy atom. The fourth-order valence-electron chi connectivity index (χ4n) is 6.06. The molecule has 3 atom stereocenters. The van der Waals surface area contributed by atoms with Crippen LogP contribution in [0.25, 0.3) is 5.65 Å². The molecule has 1 saturated heterocycles. The number of carboxylic acid groups (broad SMARTS) is 1. The molecular weight excluding hydrogens is 557 g/mol. The number of alkyl halides is 3. The molecule has 15 heteroatoms. The number of likely N-dealkylation sites (tertiary alicyclic amines) is 1. The number of piperidine rings is 1. The predicted molar refractivity (Wildman–Crippen MR) is 142 cm³/mol. The predicted octanol–water partition coefficient (Wildman–Crippen LogP) is 3.45. The van der Waals surface area contributed by atoms with Crippen LogP contribution in [0, 0.1) is 11.8 Å². The van der Waals surface area contributed by atoms with Crippen molar-refractivity contribution in [1.82, 2.24) is 39.9 Å². The van der Waals surface area contributed by atoms with Crippen molar-refractivity contribution in [3.05, 3.63) is 47.7 Å². The van der Waals surface area contributed by atoms with Gasteiger partial charge < -0.3 is 15.7 Å². The third-order valence-corrected chi connectivity index (χ3v) is 8.21. The lowest BCUT2D eigenvalue weighted by molar-refractivity contribution is -0.200. The Hall–Kier alpha value is -4.17. The molecule has 3 aromatic rings. The first-order chi connectivity index (χ1) is 20.0. The van der Waals surface area contributed by atoms with Crippen LogP contribution in [0.2, 0.25) is 0 Å². The molecule has 12 nitrogen and oxygen atoms in total. The molecule has 0 radical (unpaired) electrons. The van der Waals surface area contributed by atoms with E-state index in [1.54, 1.807) is 36.1 Å². The maximum atomic E-state index is 13.7. The molecule has 2 unspecified atom stereocenters. The third kappa shape index (κ3) is 6.19. The molecule has 1 aliphatic carbocycles. The summed E-state index contributed by atoms with van der Waals surface area (Å²) >= 11 is 0. The standard InChI is InChI=1S/C27H33F3N8O4/c1-36-20(9-10-32-36)24(39)35-22(17-6-3-2-4-7-17)19-15-38-21(34-19)12-16(14-33-38)13-31-25(40)23-18(27(28,29)30)8-5-11-37(23)26(41)42/h9-10,12,14-15,17-18,22-23H,2-8,11,13H2,1H3,(H,31,40)(H,35,39)(H,41,42)/t18?,22-,23?/m0/s1. The van der Waals surface area contributed by atoms with Crippen molar-refractivity contribution in [1.29, 1.82) is 0 Å². The second-order valence-corrected chi connectivity index (χ2v) is 11.0. The Kier molecular flexibility index (Phi) is 8.36. The van der Waals surface area contributed by atoms with Crippen LogP contribution in [0.3, 0.4) is 0 Å². The normalized spacial score (nSPS) is 20.8. The first-order valence-corrected chi connectivity index (χ1v) is 14.0. The lowest BCUT2D eigenvalue weighted by Crippen LogP contribution is -2.58. The number of carbonyl (C=O) groups excluding carboxylic acids is 2. The monoisotopic (exact) mass is 590 g/mol. The number of amides is 3. The molecule has 226 valence electrons. The van der Waals surface area contributed by atoms with Gasteiger partial charge in [-0.3, -0.25) is 19.2 Å². The lowest BCUT2D eigenvalue weighted by atomic mass is 9.82. The minimum absolute atomic E-state index is 0.0213. The number of aromatic nitrogens is 5. The van der Waals surface area contributed by atoms with Crippen LogP contribution in [-0.2, 0) is 18.4 Å². The number of imidazole rings is 1. The van der Waals surface area contributed by atoms with Crippen LogP contribution in [0.4, 0.5) is 18.0 Å². The zero-order valence-corrected chi connectivity index (χ0v) is 23.0. The van der Waals surface area contributed by atoms with Crippen molar-refractivity contribution in [2.75, 3.05) is 6.54 Å².